The lowest BCUT2D eigenvalue weighted by molar-refractivity contribution is -0.159. The SMILES string of the molecule is CCC(CC)(CCCO[PH](=O)O)OC(C)=O. The van der Waals surface area contributed by atoms with Crippen molar-refractivity contribution in [1.82, 2.24) is 0 Å². The Balaban J connectivity index is 4.11. The van der Waals surface area contributed by atoms with Crippen LogP contribution in [0.25, 0.3) is 0 Å². The Morgan fingerprint density at radius 1 is 1.38 bits per heavy atom. The van der Waals surface area contributed by atoms with Gasteiger partial charge in [-0.2, -0.15) is 0 Å². The van der Waals surface area contributed by atoms with E-state index >= 15 is 0 Å². The van der Waals surface area contributed by atoms with E-state index in [0.717, 1.165) is 12.8 Å². The van der Waals surface area contributed by atoms with Gasteiger partial charge in [-0.15, -0.1) is 0 Å². The normalized spacial score (nSPS) is 13.5. The van der Waals surface area contributed by atoms with Crippen molar-refractivity contribution in [2.24, 2.45) is 0 Å². The van der Waals surface area contributed by atoms with Crippen molar-refractivity contribution in [3.05, 3.63) is 0 Å². The largest absolute Gasteiger partial charge is 0.459 e. The highest BCUT2D eigenvalue weighted by Gasteiger charge is 2.28. The minimum absolute atomic E-state index is 0.220. The van der Waals surface area contributed by atoms with Crippen LogP contribution in [-0.4, -0.2) is 23.1 Å². The molecular formula is C10H21O5P. The summed E-state index contributed by atoms with van der Waals surface area (Å²) in [6.07, 6.45) is 2.72. The molecule has 0 aliphatic rings. The molecule has 1 unspecified atom stereocenters. The minimum atomic E-state index is -2.85. The Kier molecular flexibility index (Phi) is 7.64. The molecule has 0 heterocycles. The van der Waals surface area contributed by atoms with E-state index in [1.165, 1.54) is 6.92 Å². The first-order valence-electron chi connectivity index (χ1n) is 5.51. The molecule has 0 radical (unpaired) electrons. The topological polar surface area (TPSA) is 72.8 Å². The van der Waals surface area contributed by atoms with Crippen LogP contribution in [0.15, 0.2) is 0 Å². The van der Waals surface area contributed by atoms with Crippen molar-refractivity contribution in [1.29, 1.82) is 0 Å². The maximum absolute atomic E-state index is 11.0. The number of hydrogen-bond donors (Lipinski definition) is 1. The van der Waals surface area contributed by atoms with Crippen molar-refractivity contribution in [2.45, 2.75) is 52.1 Å². The Labute approximate surface area is 97.1 Å². The Morgan fingerprint density at radius 2 is 1.94 bits per heavy atom. The number of carbonyl (C=O) groups is 1. The zero-order chi connectivity index (χ0) is 12.6. The zero-order valence-electron chi connectivity index (χ0n) is 10.1. The van der Waals surface area contributed by atoms with E-state index in [0.29, 0.717) is 12.8 Å². The molecule has 6 heteroatoms. The quantitative estimate of drug-likeness (QED) is 0.407. The molecule has 0 aliphatic heterocycles. The molecular weight excluding hydrogens is 231 g/mol. The van der Waals surface area contributed by atoms with Gasteiger partial charge in [-0.3, -0.25) is 9.36 Å². The van der Waals surface area contributed by atoms with Gasteiger partial charge in [0.05, 0.1) is 6.61 Å². The highest BCUT2D eigenvalue weighted by Crippen LogP contribution is 2.27. The predicted molar refractivity (Wildman–Crippen MR) is 61.5 cm³/mol. The number of rotatable bonds is 8. The van der Waals surface area contributed by atoms with Crippen LogP contribution in [0.2, 0.25) is 0 Å². The molecule has 0 bridgehead atoms. The molecule has 5 nitrogen and oxygen atoms in total. The summed E-state index contributed by atoms with van der Waals surface area (Å²) in [6, 6.07) is 0. The highest BCUT2D eigenvalue weighted by atomic mass is 31.1. The van der Waals surface area contributed by atoms with Gasteiger partial charge in [-0.25, -0.2) is 0 Å². The van der Waals surface area contributed by atoms with Gasteiger partial charge >= 0.3 is 14.2 Å². The molecule has 0 amide bonds. The molecule has 16 heavy (non-hydrogen) atoms. The summed E-state index contributed by atoms with van der Waals surface area (Å²) in [7, 11) is -2.85. The second kappa shape index (κ2) is 7.82. The summed E-state index contributed by atoms with van der Waals surface area (Å²) in [4.78, 5) is 19.5. The summed E-state index contributed by atoms with van der Waals surface area (Å²) >= 11 is 0. The fourth-order valence-corrected chi connectivity index (χ4v) is 1.98. The molecule has 0 aliphatic carbocycles. The van der Waals surface area contributed by atoms with Crippen LogP contribution >= 0.6 is 8.25 Å². The molecule has 96 valence electrons. The molecule has 0 rings (SSSR count). The molecule has 0 fully saturated rings. The van der Waals surface area contributed by atoms with E-state index in [2.05, 4.69) is 4.52 Å². The standard InChI is InChI=1S/C10H21O5P/c1-4-10(5-2,15-9(3)11)7-6-8-14-16(12)13/h16H,4-8H2,1-3H3,(H,12,13). The lowest BCUT2D eigenvalue weighted by Crippen LogP contribution is -2.33. The number of esters is 1. The van der Waals surface area contributed by atoms with Crippen LogP contribution in [0.5, 0.6) is 0 Å². The van der Waals surface area contributed by atoms with Gasteiger partial charge in [-0.05, 0) is 25.7 Å². The Bertz CT molecular complexity index is 237. The monoisotopic (exact) mass is 252 g/mol. The number of hydrogen-bond acceptors (Lipinski definition) is 4. The Hall–Kier alpha value is -0.380. The summed E-state index contributed by atoms with van der Waals surface area (Å²) in [5.74, 6) is -0.291. The lowest BCUT2D eigenvalue weighted by Gasteiger charge is -2.31. The smallest absolute Gasteiger partial charge is 0.316 e. The van der Waals surface area contributed by atoms with Crippen molar-refractivity contribution in [3.63, 3.8) is 0 Å². The van der Waals surface area contributed by atoms with Crippen molar-refractivity contribution in [3.8, 4) is 0 Å². The summed E-state index contributed by atoms with van der Waals surface area (Å²) in [6.45, 7) is 5.53. The van der Waals surface area contributed by atoms with Crippen molar-refractivity contribution >= 4 is 14.2 Å². The van der Waals surface area contributed by atoms with E-state index < -0.39 is 13.9 Å². The van der Waals surface area contributed by atoms with E-state index in [-0.39, 0.29) is 12.6 Å². The van der Waals surface area contributed by atoms with Gasteiger partial charge in [0.15, 0.2) is 0 Å². The van der Waals surface area contributed by atoms with Gasteiger partial charge in [0.1, 0.15) is 5.60 Å². The molecule has 1 atom stereocenters. The van der Waals surface area contributed by atoms with Crippen LogP contribution in [0.4, 0.5) is 0 Å². The molecule has 0 saturated carbocycles. The average Bonchev–Trinajstić information content (AvgIpc) is 2.22. The van der Waals surface area contributed by atoms with Gasteiger partial charge < -0.3 is 14.2 Å². The summed E-state index contributed by atoms with van der Waals surface area (Å²) in [5.41, 5.74) is -0.458. The fourth-order valence-electron chi connectivity index (χ4n) is 1.66. The maximum Gasteiger partial charge on any atom is 0.316 e. The molecule has 0 aromatic rings. The average molecular weight is 252 g/mol. The lowest BCUT2D eigenvalue weighted by atomic mass is 9.91. The Morgan fingerprint density at radius 3 is 2.31 bits per heavy atom. The third-order valence-corrected chi connectivity index (χ3v) is 3.10. The highest BCUT2D eigenvalue weighted by molar-refractivity contribution is 7.32. The van der Waals surface area contributed by atoms with E-state index in [4.69, 9.17) is 9.63 Å². The van der Waals surface area contributed by atoms with Gasteiger partial charge in [0.2, 0.25) is 0 Å². The first kappa shape index (κ1) is 15.6. The van der Waals surface area contributed by atoms with Crippen LogP contribution < -0.4 is 0 Å². The van der Waals surface area contributed by atoms with Crippen molar-refractivity contribution in [2.75, 3.05) is 6.61 Å². The maximum atomic E-state index is 11.0. The predicted octanol–water partition coefficient (Wildman–Crippen LogP) is 2.29. The van der Waals surface area contributed by atoms with E-state index in [9.17, 15) is 9.36 Å². The molecule has 0 aromatic carbocycles. The number of ether oxygens (including phenoxy) is 1. The third kappa shape index (κ3) is 6.26. The number of carbonyl (C=O) groups excluding carboxylic acids is 1. The summed E-state index contributed by atoms with van der Waals surface area (Å²) < 4.78 is 20.2. The van der Waals surface area contributed by atoms with Crippen LogP contribution in [0, 0.1) is 0 Å². The second-order valence-electron chi connectivity index (χ2n) is 3.70. The van der Waals surface area contributed by atoms with Gasteiger partial charge in [0.25, 0.3) is 0 Å². The van der Waals surface area contributed by atoms with Gasteiger partial charge in [-0.1, -0.05) is 13.8 Å². The van der Waals surface area contributed by atoms with Crippen LogP contribution in [0.1, 0.15) is 46.5 Å². The fraction of sp³-hybridized carbons (Fsp3) is 0.900. The van der Waals surface area contributed by atoms with Crippen LogP contribution in [-0.2, 0) is 18.6 Å². The van der Waals surface area contributed by atoms with E-state index in [1.54, 1.807) is 0 Å². The molecule has 1 N–H and O–H groups in total. The molecule has 0 aromatic heterocycles. The van der Waals surface area contributed by atoms with Crippen molar-refractivity contribution < 1.29 is 23.5 Å². The molecule has 0 saturated heterocycles. The zero-order valence-corrected chi connectivity index (χ0v) is 11.1. The molecule has 0 spiro atoms. The van der Waals surface area contributed by atoms with E-state index in [1.807, 2.05) is 13.8 Å². The first-order valence-corrected chi connectivity index (χ1v) is 6.77. The minimum Gasteiger partial charge on any atom is -0.459 e. The third-order valence-electron chi connectivity index (χ3n) is 2.65. The summed E-state index contributed by atoms with van der Waals surface area (Å²) in [5, 5.41) is 0. The second-order valence-corrected chi connectivity index (χ2v) is 4.52. The first-order chi connectivity index (χ1) is 7.45. The van der Waals surface area contributed by atoms with Gasteiger partial charge in [0, 0.05) is 6.92 Å². The van der Waals surface area contributed by atoms with Crippen LogP contribution in [0.3, 0.4) is 0 Å².